The van der Waals surface area contributed by atoms with Crippen LogP contribution in [0.15, 0.2) is 97.1 Å². The highest BCUT2D eigenvalue weighted by molar-refractivity contribution is 6.21. The molecule has 0 atom stereocenters. The molecule has 0 saturated carbocycles. The number of rotatable bonds is 4. The van der Waals surface area contributed by atoms with E-state index in [4.69, 9.17) is 9.72 Å². The highest BCUT2D eigenvalue weighted by Crippen LogP contribution is 2.30. The van der Waals surface area contributed by atoms with Crippen molar-refractivity contribution >= 4 is 39.6 Å². The zero-order chi connectivity index (χ0) is 23.9. The Morgan fingerprint density at radius 2 is 1.34 bits per heavy atom. The first-order valence-electron chi connectivity index (χ1n) is 11.1. The van der Waals surface area contributed by atoms with Crippen LogP contribution in [0.1, 0.15) is 36.6 Å². The molecule has 6 nitrogen and oxygen atoms in total. The second kappa shape index (κ2) is 8.18. The highest BCUT2D eigenvalue weighted by atomic mass is 16.5. The number of ether oxygens (including phenoxy) is 1. The summed E-state index contributed by atoms with van der Waals surface area (Å²) in [5.74, 6) is -0.719. The quantitative estimate of drug-likeness (QED) is 0.156. The van der Waals surface area contributed by atoms with Crippen molar-refractivity contribution in [1.82, 2.24) is 9.88 Å². The Bertz CT molecular complexity index is 1630. The zero-order valence-corrected chi connectivity index (χ0v) is 18.5. The Balaban J connectivity index is 1.44. The molecule has 0 saturated heterocycles. The number of aromatic nitrogens is 1. The van der Waals surface area contributed by atoms with Gasteiger partial charge in [0.05, 0.1) is 34.3 Å². The Labute approximate surface area is 200 Å². The molecule has 6 rings (SSSR count). The standard InChI is InChI=1S/C29H18N2O4/c32-27-20-10-4-5-11-21(20)28(33)31(27)17-18-14-15-25-23(16-18)26(22-12-6-7-13-24(22)30-25)29(34)35-19-8-2-1-3-9-19/h1-16H,17H2. The molecule has 0 N–H and O–H groups in total. The van der Waals surface area contributed by atoms with E-state index in [0.29, 0.717) is 49.8 Å². The second-order valence-corrected chi connectivity index (χ2v) is 8.30. The van der Waals surface area contributed by atoms with Crippen LogP contribution < -0.4 is 4.74 Å². The van der Waals surface area contributed by atoms with E-state index in [9.17, 15) is 14.4 Å². The lowest BCUT2D eigenvalue weighted by molar-refractivity contribution is 0.0640. The molecule has 0 fully saturated rings. The molecule has 4 aromatic carbocycles. The van der Waals surface area contributed by atoms with E-state index in [-0.39, 0.29) is 18.4 Å². The van der Waals surface area contributed by atoms with Crippen molar-refractivity contribution in [1.29, 1.82) is 0 Å². The van der Waals surface area contributed by atoms with Crippen LogP contribution in [0.5, 0.6) is 5.75 Å². The SMILES string of the molecule is O=C(Oc1ccccc1)c1c2ccccc2nc2ccc(CN3C(=O)c4ccccc4C3=O)cc12. The lowest BCUT2D eigenvalue weighted by Crippen LogP contribution is -2.29. The second-order valence-electron chi connectivity index (χ2n) is 8.30. The van der Waals surface area contributed by atoms with Crippen molar-refractivity contribution in [2.75, 3.05) is 0 Å². The molecule has 5 aromatic rings. The molecule has 2 heterocycles. The number of hydrogen-bond donors (Lipinski definition) is 0. The van der Waals surface area contributed by atoms with Crippen LogP contribution in [-0.2, 0) is 6.54 Å². The number of esters is 1. The van der Waals surface area contributed by atoms with Gasteiger partial charge in [-0.25, -0.2) is 9.78 Å². The van der Waals surface area contributed by atoms with E-state index < -0.39 is 5.97 Å². The van der Waals surface area contributed by atoms with Gasteiger partial charge in [-0.15, -0.1) is 0 Å². The van der Waals surface area contributed by atoms with Crippen LogP contribution in [-0.4, -0.2) is 27.7 Å². The number of para-hydroxylation sites is 2. The predicted octanol–water partition coefficient (Wildman–Crippen LogP) is 5.40. The van der Waals surface area contributed by atoms with E-state index >= 15 is 0 Å². The largest absolute Gasteiger partial charge is 0.423 e. The highest BCUT2D eigenvalue weighted by Gasteiger charge is 2.35. The number of carbonyl (C=O) groups excluding carboxylic acids is 3. The molecule has 0 unspecified atom stereocenters. The molecular weight excluding hydrogens is 440 g/mol. The molecule has 0 radical (unpaired) electrons. The topological polar surface area (TPSA) is 76.6 Å². The maximum Gasteiger partial charge on any atom is 0.344 e. The summed E-state index contributed by atoms with van der Waals surface area (Å²) in [5, 5.41) is 1.26. The van der Waals surface area contributed by atoms with E-state index in [1.165, 1.54) is 4.90 Å². The van der Waals surface area contributed by atoms with Crippen molar-refractivity contribution < 1.29 is 19.1 Å². The molecule has 2 amide bonds. The average Bonchev–Trinajstić information content (AvgIpc) is 3.12. The molecule has 35 heavy (non-hydrogen) atoms. The van der Waals surface area contributed by atoms with Crippen LogP contribution in [0.4, 0.5) is 0 Å². The first-order valence-corrected chi connectivity index (χ1v) is 11.1. The zero-order valence-electron chi connectivity index (χ0n) is 18.5. The summed E-state index contributed by atoms with van der Waals surface area (Å²) in [6, 6.07) is 28.5. The molecule has 0 spiro atoms. The van der Waals surface area contributed by atoms with Crippen LogP contribution in [0, 0.1) is 0 Å². The van der Waals surface area contributed by atoms with Gasteiger partial charge in [-0.2, -0.15) is 0 Å². The van der Waals surface area contributed by atoms with Crippen molar-refractivity contribution in [2.45, 2.75) is 6.54 Å². The number of nitrogens with zero attached hydrogens (tertiary/aromatic N) is 2. The van der Waals surface area contributed by atoms with Crippen molar-refractivity contribution in [3.8, 4) is 5.75 Å². The summed E-state index contributed by atoms with van der Waals surface area (Å²) in [4.78, 5) is 45.0. The molecular formula is C29H18N2O4. The van der Waals surface area contributed by atoms with Crippen LogP contribution >= 0.6 is 0 Å². The monoisotopic (exact) mass is 458 g/mol. The van der Waals surface area contributed by atoms with Gasteiger partial charge in [0.15, 0.2) is 0 Å². The molecule has 1 aromatic heterocycles. The van der Waals surface area contributed by atoms with Gasteiger partial charge in [0.1, 0.15) is 5.75 Å². The third-order valence-corrected chi connectivity index (χ3v) is 6.12. The number of hydrogen-bond acceptors (Lipinski definition) is 5. The summed E-state index contributed by atoms with van der Waals surface area (Å²) < 4.78 is 5.68. The number of benzene rings is 4. The first-order chi connectivity index (χ1) is 17.1. The first kappa shape index (κ1) is 20.7. The Morgan fingerprint density at radius 3 is 2.09 bits per heavy atom. The van der Waals surface area contributed by atoms with Crippen LogP contribution in [0.25, 0.3) is 21.8 Å². The maximum absolute atomic E-state index is 13.4. The van der Waals surface area contributed by atoms with Gasteiger partial charge in [0.25, 0.3) is 11.8 Å². The summed E-state index contributed by atoms with van der Waals surface area (Å²) in [5.41, 5.74) is 3.19. The van der Waals surface area contributed by atoms with Crippen molar-refractivity contribution in [2.24, 2.45) is 0 Å². The fourth-order valence-electron chi connectivity index (χ4n) is 4.47. The summed E-state index contributed by atoms with van der Waals surface area (Å²) in [6.07, 6.45) is 0. The van der Waals surface area contributed by atoms with E-state index in [1.807, 2.05) is 36.4 Å². The molecule has 168 valence electrons. The number of carbonyl (C=O) groups is 3. The van der Waals surface area contributed by atoms with Gasteiger partial charge < -0.3 is 4.74 Å². The minimum atomic E-state index is -0.502. The third-order valence-electron chi connectivity index (χ3n) is 6.12. The lowest BCUT2D eigenvalue weighted by Gasteiger charge is -2.16. The fourth-order valence-corrected chi connectivity index (χ4v) is 4.47. The summed E-state index contributed by atoms with van der Waals surface area (Å²) >= 11 is 0. The van der Waals surface area contributed by atoms with Gasteiger partial charge in [-0.3, -0.25) is 14.5 Å². The van der Waals surface area contributed by atoms with Gasteiger partial charge in [-0.1, -0.05) is 54.6 Å². The minimum absolute atomic E-state index is 0.0856. The fraction of sp³-hybridized carbons (Fsp3) is 0.0345. The summed E-state index contributed by atoms with van der Waals surface area (Å²) in [7, 11) is 0. The molecule has 0 aliphatic carbocycles. The predicted molar refractivity (Wildman–Crippen MR) is 131 cm³/mol. The summed E-state index contributed by atoms with van der Waals surface area (Å²) in [6.45, 7) is 0.0856. The normalized spacial score (nSPS) is 12.9. The van der Waals surface area contributed by atoms with Crippen molar-refractivity contribution in [3.63, 3.8) is 0 Å². The van der Waals surface area contributed by atoms with Gasteiger partial charge in [-0.05, 0) is 48.0 Å². The van der Waals surface area contributed by atoms with Gasteiger partial charge in [0, 0.05) is 10.8 Å². The average molecular weight is 458 g/mol. The van der Waals surface area contributed by atoms with E-state index in [1.54, 1.807) is 60.7 Å². The number of imide groups is 1. The molecule has 0 bridgehead atoms. The number of fused-ring (bicyclic) bond motifs is 3. The lowest BCUT2D eigenvalue weighted by atomic mass is 10.0. The van der Waals surface area contributed by atoms with E-state index in [2.05, 4.69) is 0 Å². The Kier molecular flexibility index (Phi) is 4.85. The molecule has 6 heteroatoms. The maximum atomic E-state index is 13.4. The number of pyridine rings is 1. The van der Waals surface area contributed by atoms with Crippen LogP contribution in [0.2, 0.25) is 0 Å². The minimum Gasteiger partial charge on any atom is -0.423 e. The molecule has 1 aliphatic rings. The van der Waals surface area contributed by atoms with Gasteiger partial charge >= 0.3 is 5.97 Å². The number of amides is 2. The molecule has 1 aliphatic heterocycles. The van der Waals surface area contributed by atoms with Crippen molar-refractivity contribution in [3.05, 3.63) is 119 Å². The smallest absolute Gasteiger partial charge is 0.344 e. The Morgan fingerprint density at radius 1 is 0.714 bits per heavy atom. The van der Waals surface area contributed by atoms with Gasteiger partial charge in [0.2, 0.25) is 0 Å². The van der Waals surface area contributed by atoms with E-state index in [0.717, 1.165) is 0 Å². The third kappa shape index (κ3) is 3.52. The van der Waals surface area contributed by atoms with Crippen LogP contribution in [0.3, 0.4) is 0 Å². The Hall–Kier alpha value is -4.84.